The fourth-order valence-corrected chi connectivity index (χ4v) is 3.46. The van der Waals surface area contributed by atoms with Crippen molar-refractivity contribution in [2.24, 2.45) is 0 Å². The normalized spacial score (nSPS) is 12.7. The molecule has 34 heavy (non-hydrogen) atoms. The SMILES string of the molecule is CNC(=S)C(C)c1ccccc1.COc1cccc([C@@H](C)CCc2ccc(C(F)(F)F)cc2)n1. The van der Waals surface area contributed by atoms with Gasteiger partial charge in [0.1, 0.15) is 0 Å². The molecule has 1 N–H and O–H groups in total. The second-order valence-corrected chi connectivity index (χ2v) is 8.43. The third-order valence-corrected chi connectivity index (χ3v) is 6.10. The molecule has 0 saturated carbocycles. The summed E-state index contributed by atoms with van der Waals surface area (Å²) in [5, 5.41) is 2.99. The van der Waals surface area contributed by atoms with E-state index in [1.807, 2.05) is 44.3 Å². The zero-order valence-corrected chi connectivity index (χ0v) is 20.7. The Morgan fingerprint density at radius 2 is 1.62 bits per heavy atom. The van der Waals surface area contributed by atoms with Gasteiger partial charge >= 0.3 is 6.18 Å². The van der Waals surface area contributed by atoms with E-state index in [9.17, 15) is 13.2 Å². The quantitative estimate of drug-likeness (QED) is 0.357. The van der Waals surface area contributed by atoms with Crippen molar-refractivity contribution in [3.8, 4) is 5.88 Å². The molecule has 1 unspecified atom stereocenters. The van der Waals surface area contributed by atoms with Crippen LogP contribution >= 0.6 is 12.2 Å². The van der Waals surface area contributed by atoms with Crippen LogP contribution in [0.15, 0.2) is 72.8 Å². The van der Waals surface area contributed by atoms with Gasteiger partial charge in [0.25, 0.3) is 0 Å². The van der Waals surface area contributed by atoms with Crippen LogP contribution in [0.4, 0.5) is 13.2 Å². The lowest BCUT2D eigenvalue weighted by Gasteiger charge is -2.12. The zero-order chi connectivity index (χ0) is 25.1. The summed E-state index contributed by atoms with van der Waals surface area (Å²) in [5.41, 5.74) is 2.46. The van der Waals surface area contributed by atoms with E-state index < -0.39 is 11.7 Å². The number of aromatic nitrogens is 1. The molecule has 1 heterocycles. The summed E-state index contributed by atoms with van der Waals surface area (Å²) < 4.78 is 42.6. The molecule has 182 valence electrons. The number of aryl methyl sites for hydroxylation is 1. The van der Waals surface area contributed by atoms with E-state index in [4.69, 9.17) is 17.0 Å². The molecule has 0 amide bonds. The lowest BCUT2D eigenvalue weighted by Crippen LogP contribution is -2.21. The van der Waals surface area contributed by atoms with Gasteiger partial charge < -0.3 is 10.1 Å². The Labute approximate surface area is 205 Å². The number of rotatable bonds is 7. The van der Waals surface area contributed by atoms with Gasteiger partial charge in [0.05, 0.1) is 17.7 Å². The van der Waals surface area contributed by atoms with Gasteiger partial charge in [-0.05, 0) is 48.1 Å². The number of methoxy groups -OCH3 is 1. The molecule has 7 heteroatoms. The number of thiocarbonyl (C=S) groups is 1. The minimum atomic E-state index is -4.28. The first-order valence-electron chi connectivity index (χ1n) is 11.1. The molecule has 3 nitrogen and oxygen atoms in total. The van der Waals surface area contributed by atoms with Gasteiger partial charge in [0, 0.05) is 24.7 Å². The third-order valence-electron chi connectivity index (χ3n) is 5.55. The lowest BCUT2D eigenvalue weighted by atomic mass is 9.97. The van der Waals surface area contributed by atoms with Crippen LogP contribution < -0.4 is 10.1 Å². The molecule has 3 aromatic rings. The molecular weight excluding hydrogens is 457 g/mol. The smallest absolute Gasteiger partial charge is 0.416 e. The van der Waals surface area contributed by atoms with Gasteiger partial charge in [-0.15, -0.1) is 0 Å². The maximum Gasteiger partial charge on any atom is 0.416 e. The second kappa shape index (κ2) is 13.1. The summed E-state index contributed by atoms with van der Waals surface area (Å²) in [6.45, 7) is 4.15. The highest BCUT2D eigenvalue weighted by molar-refractivity contribution is 7.80. The Morgan fingerprint density at radius 1 is 0.971 bits per heavy atom. The Kier molecular flexibility index (Phi) is 10.5. The summed E-state index contributed by atoms with van der Waals surface area (Å²) in [6, 6.07) is 21.2. The molecule has 1 aromatic heterocycles. The lowest BCUT2D eigenvalue weighted by molar-refractivity contribution is -0.137. The van der Waals surface area contributed by atoms with Gasteiger partial charge in [-0.1, -0.05) is 74.6 Å². The summed E-state index contributed by atoms with van der Waals surface area (Å²) in [4.78, 5) is 5.27. The summed E-state index contributed by atoms with van der Waals surface area (Å²) in [6.07, 6.45) is -2.76. The van der Waals surface area contributed by atoms with Crippen molar-refractivity contribution in [2.45, 2.75) is 44.7 Å². The number of nitrogens with one attached hydrogen (secondary N) is 1. The van der Waals surface area contributed by atoms with E-state index in [0.29, 0.717) is 18.2 Å². The monoisotopic (exact) mass is 488 g/mol. The summed E-state index contributed by atoms with van der Waals surface area (Å²) in [7, 11) is 3.43. The molecule has 2 atom stereocenters. The molecule has 0 bridgehead atoms. The number of nitrogens with zero attached hydrogens (tertiary/aromatic N) is 1. The van der Waals surface area contributed by atoms with Crippen LogP contribution in [0.3, 0.4) is 0 Å². The summed E-state index contributed by atoms with van der Waals surface area (Å²) >= 11 is 5.15. The van der Waals surface area contributed by atoms with Gasteiger partial charge in [-0.25, -0.2) is 4.98 Å². The van der Waals surface area contributed by atoms with E-state index in [2.05, 4.69) is 29.4 Å². The molecule has 0 saturated heterocycles. The summed E-state index contributed by atoms with van der Waals surface area (Å²) in [5.74, 6) is 1.09. The zero-order valence-electron chi connectivity index (χ0n) is 19.9. The maximum absolute atomic E-state index is 12.5. The average molecular weight is 489 g/mol. The van der Waals surface area contributed by atoms with E-state index in [0.717, 1.165) is 34.8 Å². The van der Waals surface area contributed by atoms with E-state index in [1.54, 1.807) is 13.2 Å². The first kappa shape index (κ1) is 27.3. The van der Waals surface area contributed by atoms with E-state index in [1.165, 1.54) is 17.7 Å². The molecule has 0 fully saturated rings. The Balaban J connectivity index is 0.000000287. The predicted octanol–water partition coefficient (Wildman–Crippen LogP) is 7.18. The third kappa shape index (κ3) is 8.45. The number of halogens is 3. The van der Waals surface area contributed by atoms with Crippen molar-refractivity contribution in [3.63, 3.8) is 0 Å². The number of benzene rings is 2. The van der Waals surface area contributed by atoms with E-state index >= 15 is 0 Å². The van der Waals surface area contributed by atoms with Crippen LogP contribution in [0, 0.1) is 0 Å². The van der Waals surface area contributed by atoms with Crippen LogP contribution in [0.5, 0.6) is 5.88 Å². The molecule has 3 rings (SSSR count). The van der Waals surface area contributed by atoms with Crippen LogP contribution in [-0.2, 0) is 12.6 Å². The van der Waals surface area contributed by atoms with Gasteiger partial charge in [0.15, 0.2) is 0 Å². The molecule has 2 aromatic carbocycles. The van der Waals surface area contributed by atoms with Gasteiger partial charge in [-0.2, -0.15) is 13.2 Å². The molecular formula is C27H31F3N2OS. The first-order valence-corrected chi connectivity index (χ1v) is 11.5. The van der Waals surface area contributed by atoms with Crippen molar-refractivity contribution in [3.05, 3.63) is 95.2 Å². The molecule has 0 aliphatic carbocycles. The number of likely N-dealkylation sites (N-methyl/N-ethyl adjacent to an activating group) is 1. The van der Waals surface area contributed by atoms with Crippen molar-refractivity contribution in [2.75, 3.05) is 14.2 Å². The first-order chi connectivity index (χ1) is 16.2. The van der Waals surface area contributed by atoms with Crippen LogP contribution in [0.25, 0.3) is 0 Å². The van der Waals surface area contributed by atoms with Crippen LogP contribution in [-0.4, -0.2) is 24.1 Å². The molecule has 0 spiro atoms. The fraction of sp³-hybridized carbons (Fsp3) is 0.333. The average Bonchev–Trinajstić information content (AvgIpc) is 2.87. The number of alkyl halides is 3. The van der Waals surface area contributed by atoms with Gasteiger partial charge in [-0.3, -0.25) is 0 Å². The molecule has 0 radical (unpaired) electrons. The number of ether oxygens (including phenoxy) is 1. The van der Waals surface area contributed by atoms with Crippen molar-refractivity contribution >= 4 is 17.2 Å². The largest absolute Gasteiger partial charge is 0.481 e. The fourth-order valence-electron chi connectivity index (χ4n) is 3.32. The van der Waals surface area contributed by atoms with Crippen molar-refractivity contribution in [1.82, 2.24) is 10.3 Å². The van der Waals surface area contributed by atoms with E-state index in [-0.39, 0.29) is 5.92 Å². The predicted molar refractivity (Wildman–Crippen MR) is 135 cm³/mol. The van der Waals surface area contributed by atoms with Gasteiger partial charge in [0.2, 0.25) is 5.88 Å². The molecule has 0 aliphatic heterocycles. The van der Waals surface area contributed by atoms with Crippen molar-refractivity contribution < 1.29 is 17.9 Å². The number of pyridine rings is 1. The Bertz CT molecular complexity index is 1020. The standard InChI is InChI=1S/C17H18F3NO.C10H13NS/c1-12(15-4-3-5-16(21-15)22-2)6-7-13-8-10-14(11-9-13)17(18,19)20;1-8(10(12)11-2)9-6-4-3-5-7-9/h3-5,8-12H,6-7H2,1-2H3;3-8H,1-2H3,(H,11,12)/t12-;/m0./s1. The number of hydrogen-bond donors (Lipinski definition) is 1. The highest BCUT2D eigenvalue weighted by Crippen LogP contribution is 2.29. The minimum Gasteiger partial charge on any atom is -0.481 e. The highest BCUT2D eigenvalue weighted by Gasteiger charge is 2.29. The second-order valence-electron chi connectivity index (χ2n) is 7.99. The van der Waals surface area contributed by atoms with Crippen LogP contribution in [0.2, 0.25) is 0 Å². The highest BCUT2D eigenvalue weighted by atomic mass is 32.1. The Morgan fingerprint density at radius 3 is 2.18 bits per heavy atom. The van der Waals surface area contributed by atoms with Crippen molar-refractivity contribution in [1.29, 1.82) is 0 Å². The van der Waals surface area contributed by atoms with Crippen LogP contribution in [0.1, 0.15) is 54.5 Å². The number of hydrogen-bond acceptors (Lipinski definition) is 3. The topological polar surface area (TPSA) is 34.1 Å². The molecule has 0 aliphatic rings. The minimum absolute atomic E-state index is 0.206. The maximum atomic E-state index is 12.5. The Hall–Kier alpha value is -2.93.